The number of benzene rings is 1. The van der Waals surface area contributed by atoms with E-state index in [4.69, 9.17) is 0 Å². The minimum Gasteiger partial charge on any atom is -0.395 e. The highest BCUT2D eigenvalue weighted by Gasteiger charge is 2.22. The first-order valence-electron chi connectivity index (χ1n) is 5.99. The van der Waals surface area contributed by atoms with E-state index >= 15 is 0 Å². The highest BCUT2D eigenvalue weighted by Crippen LogP contribution is 2.20. The summed E-state index contributed by atoms with van der Waals surface area (Å²) in [6, 6.07) is 3.59. The summed E-state index contributed by atoms with van der Waals surface area (Å²) in [6.07, 6.45) is 3.06. The van der Waals surface area contributed by atoms with Crippen molar-refractivity contribution in [3.05, 3.63) is 35.4 Å². The lowest BCUT2D eigenvalue weighted by Gasteiger charge is -2.34. The van der Waals surface area contributed by atoms with Crippen molar-refractivity contribution in [1.82, 2.24) is 4.90 Å². The van der Waals surface area contributed by atoms with E-state index in [0.29, 0.717) is 12.1 Å². The fourth-order valence-electron chi connectivity index (χ4n) is 2.36. The maximum absolute atomic E-state index is 13.5. The van der Waals surface area contributed by atoms with Gasteiger partial charge in [-0.15, -0.1) is 0 Å². The number of hydrogen-bond donors (Lipinski definition) is 1. The quantitative estimate of drug-likeness (QED) is 0.877. The molecule has 1 N–H and O–H groups in total. The fourth-order valence-corrected chi connectivity index (χ4v) is 2.36. The molecule has 0 bridgehead atoms. The second-order valence-electron chi connectivity index (χ2n) is 4.54. The van der Waals surface area contributed by atoms with E-state index in [1.807, 2.05) is 4.90 Å². The minimum atomic E-state index is -0.418. The Morgan fingerprint density at radius 2 is 2.12 bits per heavy atom. The molecule has 1 aromatic carbocycles. The van der Waals surface area contributed by atoms with Gasteiger partial charge in [0.2, 0.25) is 0 Å². The van der Waals surface area contributed by atoms with Crippen LogP contribution in [0.2, 0.25) is 0 Å². The predicted molar refractivity (Wildman–Crippen MR) is 61.5 cm³/mol. The smallest absolute Gasteiger partial charge is 0.127 e. The van der Waals surface area contributed by atoms with Crippen molar-refractivity contribution in [3.63, 3.8) is 0 Å². The zero-order valence-electron chi connectivity index (χ0n) is 9.70. The van der Waals surface area contributed by atoms with E-state index in [1.54, 1.807) is 0 Å². The first-order valence-corrected chi connectivity index (χ1v) is 5.99. The molecule has 0 amide bonds. The Kier molecular flexibility index (Phi) is 4.07. The Hall–Kier alpha value is -1.00. The summed E-state index contributed by atoms with van der Waals surface area (Å²) in [5.41, 5.74) is 0.366. The van der Waals surface area contributed by atoms with Crippen LogP contribution in [0.5, 0.6) is 0 Å². The summed E-state index contributed by atoms with van der Waals surface area (Å²) in [7, 11) is 0. The van der Waals surface area contributed by atoms with Gasteiger partial charge in [-0.1, -0.05) is 6.42 Å². The molecule has 1 saturated heterocycles. The largest absolute Gasteiger partial charge is 0.395 e. The Morgan fingerprint density at radius 1 is 1.29 bits per heavy atom. The maximum Gasteiger partial charge on any atom is 0.127 e. The van der Waals surface area contributed by atoms with Crippen LogP contribution in [0.1, 0.15) is 24.8 Å². The zero-order valence-corrected chi connectivity index (χ0v) is 9.70. The molecule has 1 atom stereocenters. The summed E-state index contributed by atoms with van der Waals surface area (Å²) < 4.78 is 26.5. The third kappa shape index (κ3) is 3.01. The van der Waals surface area contributed by atoms with E-state index in [-0.39, 0.29) is 18.5 Å². The van der Waals surface area contributed by atoms with Crippen LogP contribution in [-0.4, -0.2) is 29.2 Å². The number of likely N-dealkylation sites (tertiary alicyclic amines) is 1. The van der Waals surface area contributed by atoms with Crippen LogP contribution >= 0.6 is 0 Å². The predicted octanol–water partition coefficient (Wildman–Crippen LogP) is 2.31. The molecule has 1 unspecified atom stereocenters. The highest BCUT2D eigenvalue weighted by atomic mass is 19.1. The molecule has 0 spiro atoms. The molecule has 0 aromatic heterocycles. The van der Waals surface area contributed by atoms with Crippen LogP contribution in [0.4, 0.5) is 8.78 Å². The third-order valence-electron chi connectivity index (χ3n) is 3.34. The number of halogens is 2. The van der Waals surface area contributed by atoms with E-state index in [9.17, 15) is 13.9 Å². The van der Waals surface area contributed by atoms with Gasteiger partial charge in [-0.05, 0) is 37.6 Å². The number of aliphatic hydroxyl groups excluding tert-OH is 1. The average molecular weight is 241 g/mol. The third-order valence-corrected chi connectivity index (χ3v) is 3.34. The summed E-state index contributed by atoms with van der Waals surface area (Å²) in [5, 5.41) is 9.25. The van der Waals surface area contributed by atoms with Gasteiger partial charge in [0.05, 0.1) is 6.61 Å². The molecule has 17 heavy (non-hydrogen) atoms. The first-order chi connectivity index (χ1) is 8.20. The molecular formula is C13H17F2NO. The van der Waals surface area contributed by atoms with E-state index in [2.05, 4.69) is 0 Å². The van der Waals surface area contributed by atoms with Crippen molar-refractivity contribution < 1.29 is 13.9 Å². The Bertz CT molecular complexity index is 384. The van der Waals surface area contributed by atoms with Crippen LogP contribution in [-0.2, 0) is 6.54 Å². The SMILES string of the molecule is OCC1CCCCN1Cc1cc(F)ccc1F. The standard InChI is InChI=1S/C13H17F2NO/c14-11-4-5-13(15)10(7-11)8-16-6-2-1-3-12(16)9-17/h4-5,7,12,17H,1-3,6,8-9H2. The molecule has 1 fully saturated rings. The zero-order chi connectivity index (χ0) is 12.3. The van der Waals surface area contributed by atoms with Crippen molar-refractivity contribution in [2.75, 3.05) is 13.2 Å². The summed E-state index contributed by atoms with van der Waals surface area (Å²) >= 11 is 0. The fraction of sp³-hybridized carbons (Fsp3) is 0.538. The monoisotopic (exact) mass is 241 g/mol. The molecule has 2 nitrogen and oxygen atoms in total. The van der Waals surface area contributed by atoms with Gasteiger partial charge in [0, 0.05) is 18.2 Å². The van der Waals surface area contributed by atoms with Gasteiger partial charge < -0.3 is 5.11 Å². The number of piperidine rings is 1. The Balaban J connectivity index is 2.10. The Labute approximate surface area is 99.9 Å². The van der Waals surface area contributed by atoms with E-state index < -0.39 is 5.82 Å². The molecule has 1 heterocycles. The molecular weight excluding hydrogens is 224 g/mol. The van der Waals surface area contributed by atoms with Crippen molar-refractivity contribution in [2.24, 2.45) is 0 Å². The van der Waals surface area contributed by atoms with Crippen LogP contribution in [0.15, 0.2) is 18.2 Å². The topological polar surface area (TPSA) is 23.5 Å². The number of rotatable bonds is 3. The normalized spacial score (nSPS) is 21.7. The number of nitrogens with zero attached hydrogens (tertiary/aromatic N) is 1. The van der Waals surface area contributed by atoms with Crippen molar-refractivity contribution >= 4 is 0 Å². The average Bonchev–Trinajstić information content (AvgIpc) is 2.34. The summed E-state index contributed by atoms with van der Waals surface area (Å²) in [4.78, 5) is 2.03. The van der Waals surface area contributed by atoms with Crippen molar-refractivity contribution in [1.29, 1.82) is 0 Å². The first kappa shape index (κ1) is 12.5. The molecule has 2 rings (SSSR count). The van der Waals surface area contributed by atoms with E-state index in [0.717, 1.165) is 37.9 Å². The van der Waals surface area contributed by atoms with Crippen LogP contribution in [0, 0.1) is 11.6 Å². The maximum atomic E-state index is 13.5. The molecule has 1 aliphatic heterocycles. The van der Waals surface area contributed by atoms with Gasteiger partial charge in [0.25, 0.3) is 0 Å². The van der Waals surface area contributed by atoms with Gasteiger partial charge in [0.1, 0.15) is 11.6 Å². The lowest BCUT2D eigenvalue weighted by atomic mass is 10.0. The molecule has 1 aliphatic rings. The number of aliphatic hydroxyl groups is 1. The van der Waals surface area contributed by atoms with E-state index in [1.165, 1.54) is 6.07 Å². The summed E-state index contributed by atoms with van der Waals surface area (Å²) in [5.74, 6) is -0.798. The van der Waals surface area contributed by atoms with Gasteiger partial charge in [-0.2, -0.15) is 0 Å². The van der Waals surface area contributed by atoms with Gasteiger partial charge in [-0.25, -0.2) is 8.78 Å². The number of hydrogen-bond acceptors (Lipinski definition) is 2. The molecule has 0 aliphatic carbocycles. The van der Waals surface area contributed by atoms with Gasteiger partial charge in [0.15, 0.2) is 0 Å². The molecule has 1 aromatic rings. The molecule has 0 radical (unpaired) electrons. The Morgan fingerprint density at radius 3 is 2.88 bits per heavy atom. The van der Waals surface area contributed by atoms with Crippen LogP contribution in [0.3, 0.4) is 0 Å². The van der Waals surface area contributed by atoms with Crippen LogP contribution in [0.25, 0.3) is 0 Å². The minimum absolute atomic E-state index is 0.0754. The van der Waals surface area contributed by atoms with Crippen molar-refractivity contribution in [3.8, 4) is 0 Å². The molecule has 94 valence electrons. The lowest BCUT2D eigenvalue weighted by Crippen LogP contribution is -2.41. The molecule has 4 heteroatoms. The second kappa shape index (κ2) is 5.56. The van der Waals surface area contributed by atoms with Crippen molar-refractivity contribution in [2.45, 2.75) is 31.8 Å². The summed E-state index contributed by atoms with van der Waals surface area (Å²) in [6.45, 7) is 1.28. The van der Waals surface area contributed by atoms with Crippen LogP contribution < -0.4 is 0 Å². The van der Waals surface area contributed by atoms with Gasteiger partial charge >= 0.3 is 0 Å². The lowest BCUT2D eigenvalue weighted by molar-refractivity contribution is 0.0831. The second-order valence-corrected chi connectivity index (χ2v) is 4.54. The highest BCUT2D eigenvalue weighted by molar-refractivity contribution is 5.18. The molecule has 0 saturated carbocycles. The van der Waals surface area contributed by atoms with Gasteiger partial charge in [-0.3, -0.25) is 4.90 Å².